The second kappa shape index (κ2) is 8.41. The molecule has 4 aromatic carbocycles. The molecule has 136 valence electrons. The van der Waals surface area contributed by atoms with E-state index in [0.717, 1.165) is 29.0 Å². The van der Waals surface area contributed by atoms with Crippen molar-refractivity contribution in [3.63, 3.8) is 0 Å². The summed E-state index contributed by atoms with van der Waals surface area (Å²) in [6, 6.07) is 38.4. The summed E-state index contributed by atoms with van der Waals surface area (Å²) in [6.45, 7) is 3.82. The third-order valence-electron chi connectivity index (χ3n) is 4.85. The summed E-state index contributed by atoms with van der Waals surface area (Å²) in [5.74, 6) is 0. The molecule has 0 unspecified atom stereocenters. The van der Waals surface area contributed by atoms with Crippen molar-refractivity contribution in [2.24, 2.45) is 0 Å². The zero-order valence-electron chi connectivity index (χ0n) is 15.8. The van der Waals surface area contributed by atoms with Gasteiger partial charge < -0.3 is 4.90 Å². The van der Waals surface area contributed by atoms with Gasteiger partial charge in [-0.3, -0.25) is 0 Å². The van der Waals surface area contributed by atoms with Crippen LogP contribution in [0.1, 0.15) is 16.7 Å². The normalized spacial score (nSPS) is 10.4. The van der Waals surface area contributed by atoms with Crippen molar-refractivity contribution in [2.75, 3.05) is 4.90 Å². The molecule has 0 atom stereocenters. The Hall–Kier alpha value is -3.58. The molecule has 0 aromatic heterocycles. The number of para-hydroxylation sites is 2. The molecule has 0 aliphatic carbocycles. The van der Waals surface area contributed by atoms with E-state index < -0.39 is 0 Å². The smallest absolute Gasteiger partial charge is 0.0461 e. The zero-order chi connectivity index (χ0) is 19.2. The average Bonchev–Trinajstić information content (AvgIpc) is 2.77. The van der Waals surface area contributed by atoms with Gasteiger partial charge in [-0.1, -0.05) is 85.5 Å². The third kappa shape index (κ3) is 4.05. The quantitative estimate of drug-likeness (QED) is 0.346. The van der Waals surface area contributed by atoms with E-state index in [-0.39, 0.29) is 0 Å². The number of anilines is 3. The summed E-state index contributed by atoms with van der Waals surface area (Å²) in [6.07, 6.45) is 2.80. The minimum absolute atomic E-state index is 0.925. The maximum absolute atomic E-state index is 3.82. The van der Waals surface area contributed by atoms with Crippen LogP contribution in [-0.2, 0) is 6.42 Å². The van der Waals surface area contributed by atoms with E-state index in [1.54, 1.807) is 0 Å². The Morgan fingerprint density at radius 2 is 0.964 bits per heavy atom. The van der Waals surface area contributed by atoms with E-state index in [2.05, 4.69) is 109 Å². The van der Waals surface area contributed by atoms with Crippen LogP contribution in [0.15, 0.2) is 116 Å². The van der Waals surface area contributed by atoms with Gasteiger partial charge in [-0.05, 0) is 59.5 Å². The first-order valence-electron chi connectivity index (χ1n) is 9.54. The summed E-state index contributed by atoms with van der Waals surface area (Å²) in [7, 11) is 0. The Morgan fingerprint density at radius 3 is 1.43 bits per heavy atom. The zero-order valence-corrected chi connectivity index (χ0v) is 15.8. The van der Waals surface area contributed by atoms with Gasteiger partial charge >= 0.3 is 0 Å². The largest absolute Gasteiger partial charge is 0.311 e. The van der Waals surface area contributed by atoms with Crippen molar-refractivity contribution in [1.29, 1.82) is 0 Å². The lowest BCUT2D eigenvalue weighted by Crippen LogP contribution is -2.09. The molecule has 0 aliphatic heterocycles. The van der Waals surface area contributed by atoms with E-state index in [4.69, 9.17) is 0 Å². The molecule has 0 fully saturated rings. The monoisotopic (exact) mass is 361 g/mol. The fraction of sp³-hybridized carbons (Fsp3) is 0.0370. The van der Waals surface area contributed by atoms with E-state index >= 15 is 0 Å². The van der Waals surface area contributed by atoms with Crippen LogP contribution in [0.2, 0.25) is 0 Å². The summed E-state index contributed by atoms with van der Waals surface area (Å²) in [5, 5.41) is 0. The highest BCUT2D eigenvalue weighted by atomic mass is 15.1. The van der Waals surface area contributed by atoms with Crippen LogP contribution in [0.5, 0.6) is 0 Å². The highest BCUT2D eigenvalue weighted by Gasteiger charge is 2.11. The fourth-order valence-corrected chi connectivity index (χ4v) is 3.37. The van der Waals surface area contributed by atoms with Gasteiger partial charge in [0.25, 0.3) is 0 Å². The Morgan fingerprint density at radius 1 is 0.536 bits per heavy atom. The molecule has 0 bridgehead atoms. The number of nitrogens with zero attached hydrogens (tertiary/aromatic N) is 1. The molecular formula is C27H23N. The fourth-order valence-electron chi connectivity index (χ4n) is 3.37. The van der Waals surface area contributed by atoms with Gasteiger partial charge in [-0.25, -0.2) is 0 Å². The predicted molar refractivity (Wildman–Crippen MR) is 120 cm³/mol. The molecule has 4 aromatic rings. The highest BCUT2D eigenvalue weighted by molar-refractivity contribution is 5.76. The molecule has 0 saturated heterocycles. The van der Waals surface area contributed by atoms with Crippen molar-refractivity contribution in [2.45, 2.75) is 6.42 Å². The molecule has 0 aliphatic rings. The number of hydrogen-bond donors (Lipinski definition) is 0. The molecule has 0 heterocycles. The second-order valence-electron chi connectivity index (χ2n) is 6.80. The van der Waals surface area contributed by atoms with Crippen molar-refractivity contribution in [3.8, 4) is 0 Å². The van der Waals surface area contributed by atoms with Gasteiger partial charge in [-0.15, -0.1) is 0 Å². The Balaban J connectivity index is 1.62. The lowest BCUT2D eigenvalue weighted by Gasteiger charge is -2.25. The molecule has 0 N–H and O–H groups in total. The second-order valence-corrected chi connectivity index (χ2v) is 6.80. The molecule has 0 radical (unpaired) electrons. The topological polar surface area (TPSA) is 3.24 Å². The Labute approximate surface area is 167 Å². The number of hydrogen-bond acceptors (Lipinski definition) is 1. The maximum atomic E-state index is 3.82. The lowest BCUT2D eigenvalue weighted by molar-refractivity contribution is 1.18. The molecular weight excluding hydrogens is 338 g/mol. The molecule has 28 heavy (non-hydrogen) atoms. The van der Waals surface area contributed by atoms with Crippen molar-refractivity contribution >= 4 is 23.1 Å². The predicted octanol–water partition coefficient (Wildman–Crippen LogP) is 7.39. The van der Waals surface area contributed by atoms with E-state index in [9.17, 15) is 0 Å². The van der Waals surface area contributed by atoms with Gasteiger partial charge in [0.15, 0.2) is 0 Å². The standard InChI is InChI=1S/C27H23N/c1-2-22-13-15-23(16-14-22)21-24-17-19-27(20-18-24)28(25-9-5-3-6-10-25)26-11-7-4-8-12-26/h2-20H,1,21H2. The van der Waals surface area contributed by atoms with Gasteiger partial charge in [0.1, 0.15) is 0 Å². The lowest BCUT2D eigenvalue weighted by atomic mass is 10.0. The van der Waals surface area contributed by atoms with Crippen LogP contribution in [0.25, 0.3) is 6.08 Å². The van der Waals surface area contributed by atoms with Crippen LogP contribution >= 0.6 is 0 Å². The van der Waals surface area contributed by atoms with Crippen LogP contribution in [0.3, 0.4) is 0 Å². The highest BCUT2D eigenvalue weighted by Crippen LogP contribution is 2.34. The van der Waals surface area contributed by atoms with Crippen LogP contribution in [0, 0.1) is 0 Å². The van der Waals surface area contributed by atoms with Crippen molar-refractivity contribution < 1.29 is 0 Å². The Bertz CT molecular complexity index is 978. The minimum Gasteiger partial charge on any atom is -0.311 e. The molecule has 1 nitrogen and oxygen atoms in total. The van der Waals surface area contributed by atoms with Crippen LogP contribution < -0.4 is 4.90 Å². The molecule has 1 heteroatoms. The van der Waals surface area contributed by atoms with Crippen molar-refractivity contribution in [1.82, 2.24) is 0 Å². The van der Waals surface area contributed by atoms with Crippen LogP contribution in [-0.4, -0.2) is 0 Å². The molecule has 0 saturated carbocycles. The average molecular weight is 361 g/mol. The summed E-state index contributed by atoms with van der Waals surface area (Å²) < 4.78 is 0. The van der Waals surface area contributed by atoms with Gasteiger partial charge in [0.2, 0.25) is 0 Å². The minimum atomic E-state index is 0.925. The first kappa shape index (κ1) is 17.8. The van der Waals surface area contributed by atoms with Gasteiger partial charge in [-0.2, -0.15) is 0 Å². The molecule has 0 amide bonds. The first-order valence-corrected chi connectivity index (χ1v) is 9.54. The maximum Gasteiger partial charge on any atom is 0.0461 e. The van der Waals surface area contributed by atoms with E-state index in [1.165, 1.54) is 11.1 Å². The third-order valence-corrected chi connectivity index (χ3v) is 4.85. The summed E-state index contributed by atoms with van der Waals surface area (Å²) in [4.78, 5) is 2.28. The number of benzene rings is 4. The van der Waals surface area contributed by atoms with Gasteiger partial charge in [0, 0.05) is 17.1 Å². The summed E-state index contributed by atoms with van der Waals surface area (Å²) >= 11 is 0. The first-order chi connectivity index (χ1) is 13.8. The Kier molecular flexibility index (Phi) is 5.35. The SMILES string of the molecule is C=Cc1ccc(Cc2ccc(N(c3ccccc3)c3ccccc3)cc2)cc1. The number of rotatable bonds is 6. The van der Waals surface area contributed by atoms with Crippen molar-refractivity contribution in [3.05, 3.63) is 132 Å². The van der Waals surface area contributed by atoms with Crippen LogP contribution in [0.4, 0.5) is 17.1 Å². The van der Waals surface area contributed by atoms with E-state index in [1.807, 2.05) is 18.2 Å². The molecule has 0 spiro atoms. The summed E-state index contributed by atoms with van der Waals surface area (Å²) in [5.41, 5.74) is 7.23. The van der Waals surface area contributed by atoms with Gasteiger partial charge in [0.05, 0.1) is 0 Å². The molecule has 4 rings (SSSR count). The van der Waals surface area contributed by atoms with E-state index in [0.29, 0.717) is 0 Å².